The Kier molecular flexibility index (Phi) is 5.46. The van der Waals surface area contributed by atoms with E-state index in [4.69, 9.17) is 10.5 Å². The van der Waals surface area contributed by atoms with Crippen LogP contribution in [-0.2, 0) is 22.1 Å². The van der Waals surface area contributed by atoms with Crippen molar-refractivity contribution in [2.75, 3.05) is 7.11 Å². The van der Waals surface area contributed by atoms with Gasteiger partial charge in [0.2, 0.25) is 0 Å². The zero-order valence-electron chi connectivity index (χ0n) is 12.8. The molecule has 0 bridgehead atoms. The van der Waals surface area contributed by atoms with E-state index in [-0.39, 0.29) is 0 Å². The number of hydrogen-bond acceptors (Lipinski definition) is 4. The molecule has 7 heteroatoms. The van der Waals surface area contributed by atoms with Gasteiger partial charge in [0.25, 0.3) is 0 Å². The standard InChI is InChI=1S/C17H16F3NO3/c1-23-16(22)15(21)10-11-2-6-13(7-3-11)24-14-8-4-12(5-9-14)17(18,19)20/h2-9,15H,10,21H2,1H3/t15-/m1/s1. The molecular weight excluding hydrogens is 323 g/mol. The monoisotopic (exact) mass is 339 g/mol. The first kappa shape index (κ1) is 17.8. The van der Waals surface area contributed by atoms with Crippen molar-refractivity contribution >= 4 is 5.97 Å². The van der Waals surface area contributed by atoms with Gasteiger partial charge in [-0.05, 0) is 48.4 Å². The van der Waals surface area contributed by atoms with Crippen LogP contribution in [0.1, 0.15) is 11.1 Å². The van der Waals surface area contributed by atoms with Crippen molar-refractivity contribution in [2.24, 2.45) is 5.73 Å². The third-order valence-corrected chi connectivity index (χ3v) is 3.30. The minimum absolute atomic E-state index is 0.294. The molecule has 0 spiro atoms. The summed E-state index contributed by atoms with van der Waals surface area (Å²) in [7, 11) is 1.27. The van der Waals surface area contributed by atoms with Gasteiger partial charge in [-0.2, -0.15) is 13.2 Å². The fraction of sp³-hybridized carbons (Fsp3) is 0.235. The number of halogens is 3. The Hall–Kier alpha value is -2.54. The summed E-state index contributed by atoms with van der Waals surface area (Å²) < 4.78 is 47.5. The zero-order valence-corrected chi connectivity index (χ0v) is 12.8. The number of esters is 1. The van der Waals surface area contributed by atoms with Crippen LogP contribution in [0.3, 0.4) is 0 Å². The topological polar surface area (TPSA) is 61.5 Å². The molecular formula is C17H16F3NO3. The Balaban J connectivity index is 2.00. The molecule has 24 heavy (non-hydrogen) atoms. The molecule has 0 unspecified atom stereocenters. The molecule has 0 aliphatic carbocycles. The molecule has 2 aromatic rings. The van der Waals surface area contributed by atoms with Gasteiger partial charge in [-0.15, -0.1) is 0 Å². The van der Waals surface area contributed by atoms with E-state index >= 15 is 0 Å². The van der Waals surface area contributed by atoms with E-state index in [0.717, 1.165) is 17.7 Å². The quantitative estimate of drug-likeness (QED) is 0.847. The average Bonchev–Trinajstić information content (AvgIpc) is 2.55. The van der Waals surface area contributed by atoms with Crippen LogP contribution >= 0.6 is 0 Å². The Morgan fingerprint density at radius 3 is 2.00 bits per heavy atom. The SMILES string of the molecule is COC(=O)[C@H](N)Cc1ccc(Oc2ccc(C(F)(F)F)cc2)cc1. The van der Waals surface area contributed by atoms with Crippen LogP contribution in [-0.4, -0.2) is 19.1 Å². The van der Waals surface area contributed by atoms with Crippen molar-refractivity contribution < 1.29 is 27.4 Å². The number of nitrogens with two attached hydrogens (primary N) is 1. The van der Waals surface area contributed by atoms with Crippen molar-refractivity contribution in [1.29, 1.82) is 0 Å². The summed E-state index contributed by atoms with van der Waals surface area (Å²) in [6, 6.07) is 10.4. The van der Waals surface area contributed by atoms with Crippen molar-refractivity contribution in [3.8, 4) is 11.5 Å². The molecule has 0 saturated carbocycles. The van der Waals surface area contributed by atoms with Crippen molar-refractivity contribution in [3.63, 3.8) is 0 Å². The van der Waals surface area contributed by atoms with E-state index in [0.29, 0.717) is 17.9 Å². The number of methoxy groups -OCH3 is 1. The van der Waals surface area contributed by atoms with Crippen LogP contribution in [0.15, 0.2) is 48.5 Å². The minimum Gasteiger partial charge on any atom is -0.468 e. The number of carbonyl (C=O) groups excluding carboxylic acids is 1. The first-order valence-electron chi connectivity index (χ1n) is 7.07. The van der Waals surface area contributed by atoms with Crippen molar-refractivity contribution in [3.05, 3.63) is 59.7 Å². The highest BCUT2D eigenvalue weighted by Crippen LogP contribution is 2.31. The summed E-state index contributed by atoms with van der Waals surface area (Å²) in [6.07, 6.45) is -4.06. The molecule has 2 rings (SSSR count). The van der Waals surface area contributed by atoms with Crippen LogP contribution in [0.25, 0.3) is 0 Å². The number of ether oxygens (including phenoxy) is 2. The summed E-state index contributed by atoms with van der Waals surface area (Å²) in [5.41, 5.74) is 5.75. The lowest BCUT2D eigenvalue weighted by atomic mass is 10.1. The van der Waals surface area contributed by atoms with Crippen LogP contribution in [0.5, 0.6) is 11.5 Å². The molecule has 1 atom stereocenters. The molecule has 2 aromatic carbocycles. The molecule has 0 radical (unpaired) electrons. The Morgan fingerprint density at radius 2 is 1.54 bits per heavy atom. The lowest BCUT2D eigenvalue weighted by Crippen LogP contribution is -2.33. The Bertz CT molecular complexity index is 682. The molecule has 128 valence electrons. The van der Waals surface area contributed by atoms with Gasteiger partial charge in [-0.3, -0.25) is 4.79 Å². The zero-order chi connectivity index (χ0) is 17.7. The smallest absolute Gasteiger partial charge is 0.416 e. The Labute approximate surface area is 137 Å². The van der Waals surface area contributed by atoms with E-state index in [1.807, 2.05) is 0 Å². The van der Waals surface area contributed by atoms with E-state index in [2.05, 4.69) is 4.74 Å². The fourth-order valence-electron chi connectivity index (χ4n) is 2.03. The first-order chi connectivity index (χ1) is 11.3. The summed E-state index contributed by atoms with van der Waals surface area (Å²) in [5.74, 6) is 0.257. The molecule has 0 aromatic heterocycles. The molecule has 0 heterocycles. The second-order valence-corrected chi connectivity index (χ2v) is 5.10. The number of hydrogen-bond donors (Lipinski definition) is 1. The van der Waals surface area contributed by atoms with Gasteiger partial charge in [0.15, 0.2) is 0 Å². The molecule has 0 aliphatic rings. The van der Waals surface area contributed by atoms with Gasteiger partial charge in [0.05, 0.1) is 12.7 Å². The number of alkyl halides is 3. The van der Waals surface area contributed by atoms with E-state index in [1.54, 1.807) is 24.3 Å². The van der Waals surface area contributed by atoms with E-state index < -0.39 is 23.8 Å². The summed E-state index contributed by atoms with van der Waals surface area (Å²) >= 11 is 0. The summed E-state index contributed by atoms with van der Waals surface area (Å²) in [4.78, 5) is 11.3. The molecule has 0 amide bonds. The minimum atomic E-state index is -4.38. The fourth-order valence-corrected chi connectivity index (χ4v) is 2.03. The van der Waals surface area contributed by atoms with Crippen LogP contribution < -0.4 is 10.5 Å². The van der Waals surface area contributed by atoms with Crippen LogP contribution in [0.2, 0.25) is 0 Å². The first-order valence-corrected chi connectivity index (χ1v) is 7.07. The predicted molar refractivity (Wildman–Crippen MR) is 81.7 cm³/mol. The average molecular weight is 339 g/mol. The maximum absolute atomic E-state index is 12.5. The maximum Gasteiger partial charge on any atom is 0.416 e. The highest BCUT2D eigenvalue weighted by atomic mass is 19.4. The lowest BCUT2D eigenvalue weighted by Gasteiger charge is -2.11. The van der Waals surface area contributed by atoms with Gasteiger partial charge >= 0.3 is 12.1 Å². The predicted octanol–water partition coefficient (Wildman–Crippen LogP) is 3.54. The number of rotatable bonds is 5. The summed E-state index contributed by atoms with van der Waals surface area (Å²) in [5, 5.41) is 0. The second-order valence-electron chi connectivity index (χ2n) is 5.10. The molecule has 0 aliphatic heterocycles. The normalized spacial score (nSPS) is 12.5. The third-order valence-electron chi connectivity index (χ3n) is 3.30. The van der Waals surface area contributed by atoms with Crippen LogP contribution in [0.4, 0.5) is 13.2 Å². The molecule has 0 saturated heterocycles. The van der Waals surface area contributed by atoms with E-state index in [9.17, 15) is 18.0 Å². The lowest BCUT2D eigenvalue weighted by molar-refractivity contribution is -0.142. The third kappa shape index (κ3) is 4.73. The van der Waals surface area contributed by atoms with Crippen LogP contribution in [0, 0.1) is 0 Å². The van der Waals surface area contributed by atoms with Crippen molar-refractivity contribution in [2.45, 2.75) is 18.6 Å². The molecule has 0 fully saturated rings. The molecule has 4 nitrogen and oxygen atoms in total. The summed E-state index contributed by atoms with van der Waals surface area (Å²) in [6.45, 7) is 0. The largest absolute Gasteiger partial charge is 0.468 e. The highest BCUT2D eigenvalue weighted by Gasteiger charge is 2.30. The van der Waals surface area contributed by atoms with Gasteiger partial charge in [0.1, 0.15) is 17.5 Å². The number of benzene rings is 2. The van der Waals surface area contributed by atoms with E-state index in [1.165, 1.54) is 19.2 Å². The van der Waals surface area contributed by atoms with Gasteiger partial charge in [-0.25, -0.2) is 0 Å². The second kappa shape index (κ2) is 7.35. The number of carbonyl (C=O) groups is 1. The maximum atomic E-state index is 12.5. The van der Waals surface area contributed by atoms with Gasteiger partial charge in [0, 0.05) is 0 Å². The van der Waals surface area contributed by atoms with Crippen molar-refractivity contribution in [1.82, 2.24) is 0 Å². The van der Waals surface area contributed by atoms with Gasteiger partial charge < -0.3 is 15.2 Å². The molecule has 2 N–H and O–H groups in total. The highest BCUT2D eigenvalue weighted by molar-refractivity contribution is 5.75. The Morgan fingerprint density at radius 1 is 1.04 bits per heavy atom. The van der Waals surface area contributed by atoms with Gasteiger partial charge in [-0.1, -0.05) is 12.1 Å².